The van der Waals surface area contributed by atoms with E-state index < -0.39 is 0 Å². The summed E-state index contributed by atoms with van der Waals surface area (Å²) < 4.78 is 1.86. The largest absolute Gasteiger partial charge is 0.271 e. The van der Waals surface area contributed by atoms with Crippen LogP contribution in [0, 0.1) is 0 Å². The van der Waals surface area contributed by atoms with Crippen LogP contribution in [0.3, 0.4) is 0 Å². The van der Waals surface area contributed by atoms with Crippen LogP contribution in [0.2, 0.25) is 0 Å². The number of aromatic nitrogens is 4. The van der Waals surface area contributed by atoms with Crippen LogP contribution in [0.25, 0.3) is 0 Å². The highest BCUT2D eigenvalue weighted by Crippen LogP contribution is 2.19. The van der Waals surface area contributed by atoms with Gasteiger partial charge in [-0.2, -0.15) is 0 Å². The highest BCUT2D eigenvalue weighted by atomic mass is 15.4. The van der Waals surface area contributed by atoms with Gasteiger partial charge < -0.3 is 0 Å². The van der Waals surface area contributed by atoms with Crippen molar-refractivity contribution in [1.82, 2.24) is 25.4 Å². The molecule has 2 aromatic heterocycles. The standard InChI is InChI=1S/C11H16N6/c1-2-6-17-10(8-14-16-17)11(15-12)9-4-3-5-13-7-9/h3-5,7-8,11,15H,2,6,12H2,1H3. The molecule has 1 atom stereocenters. The first kappa shape index (κ1) is 11.7. The minimum Gasteiger partial charge on any atom is -0.271 e. The summed E-state index contributed by atoms with van der Waals surface area (Å²) in [6.07, 6.45) is 6.25. The summed E-state index contributed by atoms with van der Waals surface area (Å²) in [5.41, 5.74) is 4.72. The van der Waals surface area contributed by atoms with Crippen molar-refractivity contribution in [3.63, 3.8) is 0 Å². The van der Waals surface area contributed by atoms with Crippen molar-refractivity contribution < 1.29 is 0 Å². The second-order valence-electron chi connectivity index (χ2n) is 3.77. The van der Waals surface area contributed by atoms with Gasteiger partial charge in [-0.3, -0.25) is 10.8 Å². The molecule has 2 aromatic rings. The number of aryl methyl sites for hydroxylation is 1. The van der Waals surface area contributed by atoms with Crippen molar-refractivity contribution in [3.05, 3.63) is 42.0 Å². The number of hydrogen-bond acceptors (Lipinski definition) is 5. The molecule has 0 aromatic carbocycles. The Morgan fingerprint density at radius 1 is 1.47 bits per heavy atom. The van der Waals surface area contributed by atoms with Crippen LogP contribution >= 0.6 is 0 Å². The average molecular weight is 232 g/mol. The normalized spacial score (nSPS) is 12.6. The number of pyridine rings is 1. The minimum absolute atomic E-state index is 0.134. The fraction of sp³-hybridized carbons (Fsp3) is 0.364. The Labute approximate surface area is 99.8 Å². The Bertz CT molecular complexity index is 452. The van der Waals surface area contributed by atoms with Crippen LogP contribution in [0.5, 0.6) is 0 Å². The molecule has 0 spiro atoms. The molecular weight excluding hydrogens is 216 g/mol. The summed E-state index contributed by atoms with van der Waals surface area (Å²) in [7, 11) is 0. The number of nitrogens with zero attached hydrogens (tertiary/aromatic N) is 4. The number of nitrogens with one attached hydrogen (secondary N) is 1. The molecule has 3 N–H and O–H groups in total. The van der Waals surface area contributed by atoms with E-state index in [-0.39, 0.29) is 6.04 Å². The summed E-state index contributed by atoms with van der Waals surface area (Å²) in [4.78, 5) is 4.09. The van der Waals surface area contributed by atoms with E-state index in [1.807, 2.05) is 16.8 Å². The summed E-state index contributed by atoms with van der Waals surface area (Å²) >= 11 is 0. The third-order valence-corrected chi connectivity index (χ3v) is 2.56. The van der Waals surface area contributed by atoms with Gasteiger partial charge in [0.2, 0.25) is 0 Å². The third-order valence-electron chi connectivity index (χ3n) is 2.56. The lowest BCUT2D eigenvalue weighted by Gasteiger charge is -2.16. The highest BCUT2D eigenvalue weighted by molar-refractivity contribution is 5.23. The Morgan fingerprint density at radius 2 is 2.35 bits per heavy atom. The topological polar surface area (TPSA) is 81.7 Å². The van der Waals surface area contributed by atoms with E-state index in [1.165, 1.54) is 0 Å². The van der Waals surface area contributed by atoms with Crippen LogP contribution in [0.1, 0.15) is 30.6 Å². The fourth-order valence-electron chi connectivity index (χ4n) is 1.77. The molecule has 17 heavy (non-hydrogen) atoms. The van der Waals surface area contributed by atoms with Gasteiger partial charge in [-0.05, 0) is 18.1 Å². The molecule has 0 aliphatic carbocycles. The Balaban J connectivity index is 2.32. The second-order valence-corrected chi connectivity index (χ2v) is 3.77. The first-order valence-corrected chi connectivity index (χ1v) is 5.61. The highest BCUT2D eigenvalue weighted by Gasteiger charge is 2.17. The van der Waals surface area contributed by atoms with E-state index in [9.17, 15) is 0 Å². The predicted octanol–water partition coefficient (Wildman–Crippen LogP) is 0.636. The zero-order valence-corrected chi connectivity index (χ0v) is 9.74. The maximum Gasteiger partial charge on any atom is 0.0909 e. The minimum atomic E-state index is -0.134. The van der Waals surface area contributed by atoms with Crippen LogP contribution in [-0.4, -0.2) is 20.0 Å². The van der Waals surface area contributed by atoms with Gasteiger partial charge >= 0.3 is 0 Å². The lowest BCUT2D eigenvalue weighted by molar-refractivity contribution is 0.511. The molecule has 2 heterocycles. The van der Waals surface area contributed by atoms with Gasteiger partial charge in [0.15, 0.2) is 0 Å². The molecule has 0 bridgehead atoms. The van der Waals surface area contributed by atoms with E-state index in [0.717, 1.165) is 24.2 Å². The molecule has 0 saturated heterocycles. The summed E-state index contributed by atoms with van der Waals surface area (Å²) in [6.45, 7) is 2.92. The number of hydrogen-bond donors (Lipinski definition) is 2. The molecule has 2 rings (SSSR count). The molecule has 0 amide bonds. The van der Waals surface area contributed by atoms with Gasteiger partial charge in [0.25, 0.3) is 0 Å². The van der Waals surface area contributed by atoms with Gasteiger partial charge in [-0.1, -0.05) is 18.2 Å². The van der Waals surface area contributed by atoms with Crippen molar-refractivity contribution >= 4 is 0 Å². The summed E-state index contributed by atoms with van der Waals surface area (Å²) in [6, 6.07) is 3.72. The maximum absolute atomic E-state index is 5.61. The van der Waals surface area contributed by atoms with Crippen LogP contribution in [0.15, 0.2) is 30.7 Å². The third kappa shape index (κ3) is 2.48. The van der Waals surface area contributed by atoms with E-state index in [2.05, 4.69) is 27.6 Å². The van der Waals surface area contributed by atoms with Gasteiger partial charge in [0.1, 0.15) is 0 Å². The van der Waals surface area contributed by atoms with Crippen molar-refractivity contribution in [1.29, 1.82) is 0 Å². The van der Waals surface area contributed by atoms with Crippen molar-refractivity contribution in [3.8, 4) is 0 Å². The Kier molecular flexibility index (Phi) is 3.79. The van der Waals surface area contributed by atoms with Crippen LogP contribution in [-0.2, 0) is 6.54 Å². The van der Waals surface area contributed by atoms with Gasteiger partial charge in [-0.15, -0.1) is 5.10 Å². The smallest absolute Gasteiger partial charge is 0.0909 e. The number of hydrazine groups is 1. The Morgan fingerprint density at radius 3 is 3.00 bits per heavy atom. The van der Waals surface area contributed by atoms with Gasteiger partial charge in [0.05, 0.1) is 17.9 Å². The predicted molar refractivity (Wildman–Crippen MR) is 63.7 cm³/mol. The molecule has 0 saturated carbocycles. The first-order valence-electron chi connectivity index (χ1n) is 5.61. The molecular formula is C11H16N6. The molecule has 0 aliphatic rings. The second kappa shape index (κ2) is 5.51. The number of rotatable bonds is 5. The van der Waals surface area contributed by atoms with E-state index in [1.54, 1.807) is 18.6 Å². The molecule has 6 nitrogen and oxygen atoms in total. The van der Waals surface area contributed by atoms with Crippen molar-refractivity contribution in [2.24, 2.45) is 5.84 Å². The molecule has 0 aliphatic heterocycles. The zero-order chi connectivity index (χ0) is 12.1. The molecule has 1 unspecified atom stereocenters. The molecule has 0 radical (unpaired) electrons. The van der Waals surface area contributed by atoms with E-state index >= 15 is 0 Å². The van der Waals surface area contributed by atoms with Crippen molar-refractivity contribution in [2.75, 3.05) is 0 Å². The lowest BCUT2D eigenvalue weighted by atomic mass is 10.1. The summed E-state index contributed by atoms with van der Waals surface area (Å²) in [5, 5.41) is 7.98. The van der Waals surface area contributed by atoms with Gasteiger partial charge in [-0.25, -0.2) is 10.1 Å². The fourth-order valence-corrected chi connectivity index (χ4v) is 1.77. The average Bonchev–Trinajstić information content (AvgIpc) is 2.81. The van der Waals surface area contributed by atoms with E-state index in [0.29, 0.717) is 0 Å². The first-order chi connectivity index (χ1) is 8.36. The molecule has 90 valence electrons. The zero-order valence-electron chi connectivity index (χ0n) is 9.74. The van der Waals surface area contributed by atoms with Crippen molar-refractivity contribution in [2.45, 2.75) is 25.9 Å². The monoisotopic (exact) mass is 232 g/mol. The maximum atomic E-state index is 5.61. The molecule has 6 heteroatoms. The quantitative estimate of drug-likeness (QED) is 0.584. The SMILES string of the molecule is CCCn1nncc1C(NN)c1cccnc1. The van der Waals surface area contributed by atoms with Crippen LogP contribution in [0.4, 0.5) is 0 Å². The summed E-state index contributed by atoms with van der Waals surface area (Å²) in [5.74, 6) is 5.61. The van der Waals surface area contributed by atoms with E-state index in [4.69, 9.17) is 5.84 Å². The number of nitrogens with two attached hydrogens (primary N) is 1. The lowest BCUT2D eigenvalue weighted by Crippen LogP contribution is -2.30. The Hall–Kier alpha value is -1.79. The van der Waals surface area contributed by atoms with Crippen LogP contribution < -0.4 is 11.3 Å². The molecule has 0 fully saturated rings. The van der Waals surface area contributed by atoms with Gasteiger partial charge in [0, 0.05) is 18.9 Å².